The highest BCUT2D eigenvalue weighted by Gasteiger charge is 2.19. The Morgan fingerprint density at radius 3 is 2.42 bits per heavy atom. The van der Waals surface area contributed by atoms with Gasteiger partial charge in [-0.3, -0.25) is 0 Å². The van der Waals surface area contributed by atoms with E-state index < -0.39 is 0 Å². The molecule has 5 nitrogen and oxygen atoms in total. The van der Waals surface area contributed by atoms with Crippen molar-refractivity contribution in [1.29, 1.82) is 0 Å². The molecule has 2 aromatic heterocycles. The predicted octanol–water partition coefficient (Wildman–Crippen LogP) is 5.14. The number of thiophene rings is 1. The third-order valence-electron chi connectivity index (χ3n) is 3.76. The topological polar surface area (TPSA) is 68.8 Å². The van der Waals surface area contributed by atoms with Crippen LogP contribution < -0.4 is 11.1 Å². The lowest BCUT2D eigenvalue weighted by atomic mass is 10.1. The van der Waals surface area contributed by atoms with Gasteiger partial charge in [0.25, 0.3) is 0 Å². The van der Waals surface area contributed by atoms with Crippen LogP contribution in [-0.4, -0.2) is 27.6 Å². The van der Waals surface area contributed by atoms with E-state index in [2.05, 4.69) is 15.6 Å². The Morgan fingerprint density at radius 2 is 1.85 bits per heavy atom. The second kappa shape index (κ2) is 8.33. The van der Waals surface area contributed by atoms with Crippen LogP contribution in [0, 0.1) is 0 Å². The summed E-state index contributed by atoms with van der Waals surface area (Å²) in [4.78, 5) is 0. The van der Waals surface area contributed by atoms with Crippen LogP contribution in [0.3, 0.4) is 0 Å². The molecule has 3 rings (SSSR count). The van der Waals surface area contributed by atoms with Gasteiger partial charge in [0.15, 0.2) is 5.15 Å². The molecule has 0 radical (unpaired) electrons. The minimum Gasteiger partial charge on any atom is -0.373 e. The summed E-state index contributed by atoms with van der Waals surface area (Å²) in [6.07, 6.45) is 0.676. The van der Waals surface area contributed by atoms with Gasteiger partial charge < -0.3 is 11.1 Å². The van der Waals surface area contributed by atoms with E-state index in [0.29, 0.717) is 38.2 Å². The van der Waals surface area contributed by atoms with Crippen molar-refractivity contribution in [3.8, 4) is 11.3 Å². The average Bonchev–Trinajstić information content (AvgIpc) is 3.07. The molecular weight excluding hydrogens is 436 g/mol. The van der Waals surface area contributed by atoms with Crippen LogP contribution in [0.2, 0.25) is 19.5 Å². The minimum absolute atomic E-state index is 0.00719. The van der Waals surface area contributed by atoms with Gasteiger partial charge in [-0.1, -0.05) is 51.6 Å². The first-order chi connectivity index (χ1) is 12.4. The molecule has 0 aliphatic rings. The maximum atomic E-state index is 6.39. The third kappa shape index (κ3) is 4.44. The Labute approximate surface area is 175 Å². The molecule has 1 atom stereocenters. The van der Waals surface area contributed by atoms with Gasteiger partial charge in [0, 0.05) is 35.2 Å². The molecule has 0 unspecified atom stereocenters. The summed E-state index contributed by atoms with van der Waals surface area (Å²) in [6, 6.07) is 7.38. The first-order valence-electron chi connectivity index (χ1n) is 7.63. The van der Waals surface area contributed by atoms with Gasteiger partial charge in [0.2, 0.25) is 0 Å². The van der Waals surface area contributed by atoms with Crippen molar-refractivity contribution in [2.45, 2.75) is 12.5 Å². The predicted molar refractivity (Wildman–Crippen MR) is 111 cm³/mol. The maximum Gasteiger partial charge on any atom is 0.179 e. The van der Waals surface area contributed by atoms with E-state index >= 15 is 0 Å². The van der Waals surface area contributed by atoms with Gasteiger partial charge in [-0.25, -0.2) is 4.68 Å². The number of nitrogens with one attached hydrogen (secondary N) is 1. The van der Waals surface area contributed by atoms with Crippen LogP contribution in [0.15, 0.2) is 24.3 Å². The zero-order valence-electron chi connectivity index (χ0n) is 13.6. The number of nitrogens with zero attached hydrogens (tertiary/aromatic N) is 3. The molecule has 1 aromatic carbocycles. The zero-order valence-corrected chi connectivity index (χ0v) is 17.5. The summed E-state index contributed by atoms with van der Waals surface area (Å²) < 4.78 is 2.19. The Balaban J connectivity index is 1.80. The molecule has 138 valence electrons. The second-order valence-electron chi connectivity index (χ2n) is 5.71. The fraction of sp³-hybridized carbons (Fsp3) is 0.250. The van der Waals surface area contributed by atoms with Crippen molar-refractivity contribution in [3.05, 3.63) is 49.4 Å². The Kier molecular flexibility index (Phi) is 6.33. The number of nitrogens with two attached hydrogens (primary N) is 1. The smallest absolute Gasteiger partial charge is 0.179 e. The molecular formula is C16H15Cl4N5S. The average molecular weight is 451 g/mol. The van der Waals surface area contributed by atoms with Crippen molar-refractivity contribution >= 4 is 62.7 Å². The second-order valence-corrected chi connectivity index (χ2v) is 8.59. The SMILES string of the molecule is Cn1nnc(Cl)c1-c1cc(N[C@H](CN)Cc2cc(Cl)cc(Cl)c2)sc1Cl. The van der Waals surface area contributed by atoms with Crippen molar-refractivity contribution in [1.82, 2.24) is 15.0 Å². The highest BCUT2D eigenvalue weighted by atomic mass is 35.5. The lowest BCUT2D eigenvalue weighted by Gasteiger charge is -2.17. The molecule has 3 N–H and O–H groups in total. The number of anilines is 1. The van der Waals surface area contributed by atoms with E-state index in [4.69, 9.17) is 52.1 Å². The van der Waals surface area contributed by atoms with Crippen LogP contribution in [0.25, 0.3) is 11.3 Å². The molecule has 0 amide bonds. The van der Waals surface area contributed by atoms with Gasteiger partial charge in [-0.15, -0.1) is 16.4 Å². The molecule has 26 heavy (non-hydrogen) atoms. The van der Waals surface area contributed by atoms with E-state index in [1.54, 1.807) is 17.8 Å². The summed E-state index contributed by atoms with van der Waals surface area (Å²) in [5.41, 5.74) is 8.39. The maximum absolute atomic E-state index is 6.39. The third-order valence-corrected chi connectivity index (χ3v) is 5.74. The summed E-state index contributed by atoms with van der Waals surface area (Å²) in [5.74, 6) is 0. The van der Waals surface area contributed by atoms with Crippen LogP contribution in [0.1, 0.15) is 5.56 Å². The number of aromatic nitrogens is 3. The number of halogens is 4. The van der Waals surface area contributed by atoms with Crippen LogP contribution in [0.5, 0.6) is 0 Å². The lowest BCUT2D eigenvalue weighted by molar-refractivity contribution is 0.720. The molecule has 0 bridgehead atoms. The number of hydrogen-bond donors (Lipinski definition) is 2. The largest absolute Gasteiger partial charge is 0.373 e. The fourth-order valence-electron chi connectivity index (χ4n) is 2.63. The van der Waals surface area contributed by atoms with E-state index in [9.17, 15) is 0 Å². The van der Waals surface area contributed by atoms with Crippen molar-refractivity contribution in [2.24, 2.45) is 12.8 Å². The zero-order chi connectivity index (χ0) is 18.8. The number of aryl methyl sites for hydroxylation is 1. The van der Waals surface area contributed by atoms with Crippen LogP contribution in [-0.2, 0) is 13.5 Å². The summed E-state index contributed by atoms with van der Waals surface area (Å²) >= 11 is 26.1. The number of benzene rings is 1. The first kappa shape index (κ1) is 19.7. The highest BCUT2D eigenvalue weighted by Crippen LogP contribution is 2.40. The molecule has 0 saturated carbocycles. The van der Waals surface area contributed by atoms with Gasteiger partial charge in [0.05, 0.1) is 5.00 Å². The molecule has 0 fully saturated rings. The fourth-order valence-corrected chi connectivity index (χ4v) is 4.71. The summed E-state index contributed by atoms with van der Waals surface area (Å²) in [5, 5.41) is 13.6. The molecule has 0 spiro atoms. The van der Waals surface area contributed by atoms with E-state index in [1.165, 1.54) is 11.3 Å². The Bertz CT molecular complexity index is 884. The van der Waals surface area contributed by atoms with Gasteiger partial charge in [0.1, 0.15) is 10.0 Å². The molecule has 3 aromatic rings. The van der Waals surface area contributed by atoms with Crippen molar-refractivity contribution in [3.63, 3.8) is 0 Å². The summed E-state index contributed by atoms with van der Waals surface area (Å²) in [7, 11) is 1.76. The molecule has 2 heterocycles. The van der Waals surface area contributed by atoms with E-state index in [0.717, 1.165) is 16.1 Å². The van der Waals surface area contributed by atoms with Crippen LogP contribution >= 0.6 is 57.7 Å². The van der Waals surface area contributed by atoms with Gasteiger partial charge in [-0.2, -0.15) is 0 Å². The summed E-state index contributed by atoms with van der Waals surface area (Å²) in [6.45, 7) is 0.434. The van der Waals surface area contributed by atoms with E-state index in [1.807, 2.05) is 18.2 Å². The molecule has 0 aliphatic carbocycles. The monoisotopic (exact) mass is 449 g/mol. The quantitative estimate of drug-likeness (QED) is 0.545. The number of hydrogen-bond acceptors (Lipinski definition) is 5. The van der Waals surface area contributed by atoms with Crippen molar-refractivity contribution in [2.75, 3.05) is 11.9 Å². The van der Waals surface area contributed by atoms with Gasteiger partial charge in [-0.05, 0) is 36.2 Å². The van der Waals surface area contributed by atoms with Gasteiger partial charge >= 0.3 is 0 Å². The van der Waals surface area contributed by atoms with Crippen LogP contribution in [0.4, 0.5) is 5.00 Å². The normalized spacial score (nSPS) is 12.4. The molecule has 10 heteroatoms. The molecule has 0 aliphatic heterocycles. The molecule has 0 saturated heterocycles. The minimum atomic E-state index is -0.00719. The van der Waals surface area contributed by atoms with E-state index in [-0.39, 0.29) is 6.04 Å². The van der Waals surface area contributed by atoms with Crippen molar-refractivity contribution < 1.29 is 0 Å². The standard InChI is InChI=1S/C16H15Cl4N5S/c1-25-14(15(19)23-24-25)12-6-13(26-16(12)20)22-11(7-21)4-8-2-9(17)5-10(18)3-8/h2-3,5-6,11,22H,4,7,21H2,1H3/t11-/m0/s1. The number of rotatable bonds is 6. The Morgan fingerprint density at radius 1 is 1.15 bits per heavy atom. The Hall–Kier alpha value is -1.02. The lowest BCUT2D eigenvalue weighted by Crippen LogP contribution is -2.30. The first-order valence-corrected chi connectivity index (χ1v) is 9.96. The highest BCUT2D eigenvalue weighted by molar-refractivity contribution is 7.20.